The number of sulfone groups is 1. The summed E-state index contributed by atoms with van der Waals surface area (Å²) in [6.45, 7) is 3.40. The van der Waals surface area contributed by atoms with Gasteiger partial charge in [-0.25, -0.2) is 13.4 Å². The molecule has 1 aromatic heterocycles. The first-order chi connectivity index (χ1) is 11.5. The fourth-order valence-electron chi connectivity index (χ4n) is 3.52. The zero-order chi connectivity index (χ0) is 17.2. The normalized spacial score (nSPS) is 24.8. The molecule has 0 aliphatic carbocycles. The summed E-state index contributed by atoms with van der Waals surface area (Å²) in [7, 11) is -3.04. The zero-order valence-corrected chi connectivity index (χ0v) is 17.6. The minimum absolute atomic E-state index is 0. The molecule has 3 rings (SSSR count). The van der Waals surface area contributed by atoms with Crippen LogP contribution < -0.4 is 0 Å². The molecule has 9 heteroatoms. The Bertz CT molecular complexity index is 685. The largest absolute Gasteiger partial charge is 0.376 e. The van der Waals surface area contributed by atoms with E-state index in [1.54, 1.807) is 17.3 Å². The molecule has 0 aromatic carbocycles. The molecule has 0 N–H and O–H groups in total. The lowest BCUT2D eigenvalue weighted by atomic mass is 10.1. The first-order valence-corrected chi connectivity index (χ1v) is 10.4. The van der Waals surface area contributed by atoms with Crippen LogP contribution in [0.2, 0.25) is 0 Å². The smallest absolute Gasteiger partial charge is 0.242 e. The third-order valence-corrected chi connectivity index (χ3v) is 6.57. The van der Waals surface area contributed by atoms with Crippen molar-refractivity contribution in [2.45, 2.75) is 51.3 Å². The number of carbonyl (C=O) groups excluding carboxylic acids is 1. The van der Waals surface area contributed by atoms with Gasteiger partial charge in [0.15, 0.2) is 9.84 Å². The van der Waals surface area contributed by atoms with Crippen LogP contribution in [0.5, 0.6) is 0 Å². The van der Waals surface area contributed by atoms with E-state index in [4.69, 9.17) is 4.74 Å². The predicted octanol–water partition coefficient (Wildman–Crippen LogP) is 1.26. The lowest BCUT2D eigenvalue weighted by Gasteiger charge is -2.30. The summed E-state index contributed by atoms with van der Waals surface area (Å²) in [5, 5.41) is 0. The summed E-state index contributed by atoms with van der Waals surface area (Å²) >= 11 is 0. The van der Waals surface area contributed by atoms with Crippen LogP contribution in [0.3, 0.4) is 0 Å². The second-order valence-corrected chi connectivity index (χ2v) is 8.79. The Labute approximate surface area is 166 Å². The van der Waals surface area contributed by atoms with Gasteiger partial charge < -0.3 is 14.2 Å². The molecule has 0 radical (unpaired) electrons. The Balaban J connectivity index is 0.00000225. The van der Waals surface area contributed by atoms with Crippen molar-refractivity contribution in [2.75, 3.05) is 24.7 Å². The minimum Gasteiger partial charge on any atom is -0.376 e. The summed E-state index contributed by atoms with van der Waals surface area (Å²) in [4.78, 5) is 18.9. The third kappa shape index (κ3) is 5.16. The molecule has 2 fully saturated rings. The molecule has 1 amide bonds. The van der Waals surface area contributed by atoms with E-state index in [-0.39, 0.29) is 60.1 Å². The molecular formula is C16H26IN3O4S. The lowest BCUT2D eigenvalue weighted by molar-refractivity contribution is -0.135. The predicted molar refractivity (Wildman–Crippen MR) is 105 cm³/mol. The minimum atomic E-state index is -3.04. The Kier molecular flexibility index (Phi) is 7.27. The van der Waals surface area contributed by atoms with Crippen molar-refractivity contribution in [3.8, 4) is 0 Å². The average molecular weight is 483 g/mol. The number of imidazole rings is 1. The van der Waals surface area contributed by atoms with Gasteiger partial charge in [-0.3, -0.25) is 4.79 Å². The molecule has 7 nitrogen and oxygen atoms in total. The van der Waals surface area contributed by atoms with Gasteiger partial charge >= 0.3 is 0 Å². The van der Waals surface area contributed by atoms with E-state index in [9.17, 15) is 13.2 Å². The number of nitrogens with zero attached hydrogens (tertiary/aromatic N) is 3. The van der Waals surface area contributed by atoms with Gasteiger partial charge in [0.1, 0.15) is 12.4 Å². The fourth-order valence-corrected chi connectivity index (χ4v) is 5.25. The molecule has 1 aromatic rings. The molecule has 25 heavy (non-hydrogen) atoms. The van der Waals surface area contributed by atoms with Crippen LogP contribution in [-0.4, -0.2) is 65.6 Å². The van der Waals surface area contributed by atoms with Gasteiger partial charge in [0.25, 0.3) is 0 Å². The van der Waals surface area contributed by atoms with Crippen LogP contribution in [0.4, 0.5) is 0 Å². The van der Waals surface area contributed by atoms with E-state index in [0.29, 0.717) is 13.0 Å². The van der Waals surface area contributed by atoms with Crippen molar-refractivity contribution in [3.63, 3.8) is 0 Å². The molecule has 0 saturated carbocycles. The van der Waals surface area contributed by atoms with Crippen molar-refractivity contribution < 1.29 is 17.9 Å². The highest BCUT2D eigenvalue weighted by atomic mass is 127. The van der Waals surface area contributed by atoms with Crippen molar-refractivity contribution in [2.24, 2.45) is 0 Å². The van der Waals surface area contributed by atoms with Gasteiger partial charge in [0, 0.05) is 38.0 Å². The van der Waals surface area contributed by atoms with Gasteiger partial charge in [0.05, 0.1) is 17.6 Å². The highest BCUT2D eigenvalue weighted by molar-refractivity contribution is 14.0. The maximum atomic E-state index is 12.9. The standard InChI is InChI=1S/C16H25N3O4S.HI/c1-2-15-17-6-7-18(15)11-16(20)19(10-14-4-3-8-23-14)13-5-9-24(21,22)12-13;/h6-7,13-14H,2-5,8-12H2,1H3;1H. The number of aromatic nitrogens is 2. The maximum absolute atomic E-state index is 12.9. The molecule has 2 atom stereocenters. The number of aryl methyl sites for hydroxylation is 1. The number of hydrogen-bond acceptors (Lipinski definition) is 5. The monoisotopic (exact) mass is 483 g/mol. The number of hydrogen-bond donors (Lipinski definition) is 0. The molecule has 2 saturated heterocycles. The molecular weight excluding hydrogens is 457 g/mol. The summed E-state index contributed by atoms with van der Waals surface area (Å²) in [5.74, 6) is 1.04. The van der Waals surface area contributed by atoms with Crippen LogP contribution in [0.1, 0.15) is 32.0 Å². The number of rotatable bonds is 6. The molecule has 2 aliphatic heterocycles. The van der Waals surface area contributed by atoms with Crippen LogP contribution in [0.15, 0.2) is 12.4 Å². The Morgan fingerprint density at radius 3 is 2.84 bits per heavy atom. The van der Waals surface area contributed by atoms with Crippen molar-refractivity contribution in [3.05, 3.63) is 18.2 Å². The van der Waals surface area contributed by atoms with Gasteiger partial charge in [-0.15, -0.1) is 24.0 Å². The molecule has 2 aliphatic rings. The van der Waals surface area contributed by atoms with Crippen molar-refractivity contribution in [1.29, 1.82) is 0 Å². The van der Waals surface area contributed by atoms with E-state index in [0.717, 1.165) is 31.7 Å². The summed E-state index contributed by atoms with van der Waals surface area (Å²) in [5.41, 5.74) is 0. The highest BCUT2D eigenvalue weighted by Gasteiger charge is 2.36. The van der Waals surface area contributed by atoms with Crippen LogP contribution >= 0.6 is 24.0 Å². The molecule has 2 unspecified atom stereocenters. The second kappa shape index (κ2) is 8.81. The molecule has 0 bridgehead atoms. The number of halogens is 1. The topological polar surface area (TPSA) is 81.5 Å². The van der Waals surface area contributed by atoms with Crippen molar-refractivity contribution >= 4 is 39.7 Å². The first-order valence-electron chi connectivity index (χ1n) is 8.60. The van der Waals surface area contributed by atoms with Crippen LogP contribution in [-0.2, 0) is 32.3 Å². The van der Waals surface area contributed by atoms with Crippen molar-refractivity contribution in [1.82, 2.24) is 14.5 Å². The van der Waals surface area contributed by atoms with Crippen LogP contribution in [0, 0.1) is 0 Å². The van der Waals surface area contributed by atoms with Gasteiger partial charge in [-0.2, -0.15) is 0 Å². The van der Waals surface area contributed by atoms with Gasteiger partial charge in [-0.05, 0) is 19.3 Å². The number of amides is 1. The lowest BCUT2D eigenvalue weighted by Crippen LogP contribution is -2.46. The summed E-state index contributed by atoms with van der Waals surface area (Å²) in [6, 6.07) is -0.236. The van der Waals surface area contributed by atoms with Crippen LogP contribution in [0.25, 0.3) is 0 Å². The first kappa shape index (κ1) is 20.6. The Morgan fingerprint density at radius 2 is 2.24 bits per heavy atom. The fraction of sp³-hybridized carbons (Fsp3) is 0.750. The average Bonchev–Trinajstić information content (AvgIpc) is 3.25. The SMILES string of the molecule is CCc1nccn1CC(=O)N(CC1CCCO1)C1CCS(=O)(=O)C1.I. The molecule has 0 spiro atoms. The maximum Gasteiger partial charge on any atom is 0.242 e. The number of carbonyl (C=O) groups is 1. The zero-order valence-electron chi connectivity index (χ0n) is 14.5. The Hall–Kier alpha value is -0.680. The third-order valence-electron chi connectivity index (χ3n) is 4.82. The molecule has 142 valence electrons. The Morgan fingerprint density at radius 1 is 1.44 bits per heavy atom. The second-order valence-electron chi connectivity index (χ2n) is 6.56. The van der Waals surface area contributed by atoms with E-state index in [2.05, 4.69) is 4.98 Å². The number of ether oxygens (including phenoxy) is 1. The quantitative estimate of drug-likeness (QED) is 0.570. The van der Waals surface area contributed by atoms with E-state index >= 15 is 0 Å². The highest BCUT2D eigenvalue weighted by Crippen LogP contribution is 2.22. The van der Waals surface area contributed by atoms with E-state index in [1.807, 2.05) is 11.5 Å². The summed E-state index contributed by atoms with van der Waals surface area (Å²) in [6.07, 6.45) is 6.70. The van der Waals surface area contributed by atoms with E-state index in [1.165, 1.54) is 0 Å². The molecule has 3 heterocycles. The van der Waals surface area contributed by atoms with E-state index < -0.39 is 9.84 Å². The summed E-state index contributed by atoms with van der Waals surface area (Å²) < 4.78 is 31.2. The van der Waals surface area contributed by atoms with Gasteiger partial charge in [-0.1, -0.05) is 6.92 Å². The van der Waals surface area contributed by atoms with Gasteiger partial charge in [0.2, 0.25) is 5.91 Å².